The average Bonchev–Trinajstić information content (AvgIpc) is 2.68. The van der Waals surface area contributed by atoms with Gasteiger partial charge in [0, 0.05) is 23.8 Å². The molecule has 2 aromatic rings. The molecule has 0 saturated heterocycles. The molecular formula is C20H26N3O5+. The second-order valence-electron chi connectivity index (χ2n) is 6.76. The van der Waals surface area contributed by atoms with Crippen LogP contribution in [0.25, 0.3) is 11.1 Å². The highest BCUT2D eigenvalue weighted by Crippen LogP contribution is 2.38. The molecule has 8 nitrogen and oxygen atoms in total. The molecule has 0 aliphatic rings. The fourth-order valence-electron chi connectivity index (χ4n) is 3.18. The van der Waals surface area contributed by atoms with Gasteiger partial charge in [-0.2, -0.15) is 0 Å². The summed E-state index contributed by atoms with van der Waals surface area (Å²) < 4.78 is 0. The smallest absolute Gasteiger partial charge is 0.284 e. The van der Waals surface area contributed by atoms with Crippen molar-refractivity contribution in [1.82, 2.24) is 0 Å². The zero-order valence-corrected chi connectivity index (χ0v) is 16.2. The minimum Gasteiger partial charge on any atom is -0.507 e. The molecule has 2 N–H and O–H groups in total. The standard InChI is InChI=1S/C20H25N3O5/c1-3-5-11-21(12-6-4-2)15-8-10-20(24)18(13-15)17-9-7-16(22(25)26)14-19(17)23(27)28/h7-10,13-14,24H,3-6,11-12H2,1-2H3/p+1. The number of nitro benzene ring substituents is 2. The lowest BCUT2D eigenvalue weighted by Crippen LogP contribution is -3.07. The number of rotatable bonds is 10. The summed E-state index contributed by atoms with van der Waals surface area (Å²) in [6.45, 7) is 6.12. The highest BCUT2D eigenvalue weighted by atomic mass is 16.6. The summed E-state index contributed by atoms with van der Waals surface area (Å²) in [6.07, 6.45) is 4.22. The van der Waals surface area contributed by atoms with Crippen molar-refractivity contribution in [3.05, 3.63) is 56.6 Å². The van der Waals surface area contributed by atoms with Gasteiger partial charge in [-0.3, -0.25) is 20.2 Å². The first kappa shape index (κ1) is 21.3. The first-order chi connectivity index (χ1) is 13.4. The zero-order valence-electron chi connectivity index (χ0n) is 16.2. The number of unbranched alkanes of at least 4 members (excludes halogenated alkanes) is 2. The van der Waals surface area contributed by atoms with E-state index < -0.39 is 15.5 Å². The van der Waals surface area contributed by atoms with Gasteiger partial charge in [-0.15, -0.1) is 0 Å². The molecule has 0 fully saturated rings. The number of nitrogens with zero attached hydrogens (tertiary/aromatic N) is 2. The molecule has 0 aliphatic heterocycles. The van der Waals surface area contributed by atoms with E-state index in [0.29, 0.717) is 5.56 Å². The van der Waals surface area contributed by atoms with Gasteiger partial charge in [-0.05, 0) is 25.0 Å². The van der Waals surface area contributed by atoms with Gasteiger partial charge in [0.25, 0.3) is 11.4 Å². The third-order valence-corrected chi connectivity index (χ3v) is 4.75. The number of hydrogen-bond donors (Lipinski definition) is 2. The quantitative estimate of drug-likeness (QED) is 0.363. The molecule has 0 aliphatic carbocycles. The van der Waals surface area contributed by atoms with E-state index in [4.69, 9.17) is 0 Å². The van der Waals surface area contributed by atoms with Gasteiger partial charge in [-0.25, -0.2) is 0 Å². The highest BCUT2D eigenvalue weighted by molar-refractivity contribution is 5.80. The van der Waals surface area contributed by atoms with Gasteiger partial charge < -0.3 is 10.0 Å². The van der Waals surface area contributed by atoms with E-state index in [9.17, 15) is 25.3 Å². The Bertz CT molecular complexity index is 846. The van der Waals surface area contributed by atoms with Crippen LogP contribution in [-0.4, -0.2) is 28.0 Å². The summed E-state index contributed by atoms with van der Waals surface area (Å²) >= 11 is 0. The minimum atomic E-state index is -0.672. The SMILES string of the molecule is CCCC[NH+](CCCC)c1ccc(O)c(-c2ccc([N+](=O)[O-])cc2[N+](=O)[O-])c1. The molecule has 2 aromatic carbocycles. The molecule has 28 heavy (non-hydrogen) atoms. The van der Waals surface area contributed by atoms with Crippen molar-refractivity contribution in [3.63, 3.8) is 0 Å². The molecule has 0 heterocycles. The lowest BCUT2D eigenvalue weighted by Gasteiger charge is -2.20. The number of hydrogen-bond acceptors (Lipinski definition) is 5. The van der Waals surface area contributed by atoms with E-state index >= 15 is 0 Å². The Morgan fingerprint density at radius 2 is 1.54 bits per heavy atom. The van der Waals surface area contributed by atoms with Crippen LogP contribution in [0.15, 0.2) is 36.4 Å². The molecule has 0 amide bonds. The van der Waals surface area contributed by atoms with Crippen LogP contribution >= 0.6 is 0 Å². The Morgan fingerprint density at radius 3 is 2.07 bits per heavy atom. The van der Waals surface area contributed by atoms with Crippen LogP contribution in [0.4, 0.5) is 17.1 Å². The molecule has 0 spiro atoms. The maximum absolute atomic E-state index is 11.5. The highest BCUT2D eigenvalue weighted by Gasteiger charge is 2.24. The first-order valence-corrected chi connectivity index (χ1v) is 9.50. The molecule has 8 heteroatoms. The van der Waals surface area contributed by atoms with Crippen LogP contribution in [0.2, 0.25) is 0 Å². The Kier molecular flexibility index (Phi) is 7.45. The van der Waals surface area contributed by atoms with Crippen LogP contribution in [0.3, 0.4) is 0 Å². The van der Waals surface area contributed by atoms with Crippen LogP contribution in [0.5, 0.6) is 5.75 Å². The Morgan fingerprint density at radius 1 is 0.893 bits per heavy atom. The van der Waals surface area contributed by atoms with E-state index in [-0.39, 0.29) is 17.0 Å². The summed E-state index contributed by atoms with van der Waals surface area (Å²) in [7, 11) is 0. The van der Waals surface area contributed by atoms with Gasteiger partial charge >= 0.3 is 0 Å². The monoisotopic (exact) mass is 388 g/mol. The van der Waals surface area contributed by atoms with Crippen molar-refractivity contribution < 1.29 is 19.9 Å². The Balaban J connectivity index is 2.52. The predicted octanol–water partition coefficient (Wildman–Crippen LogP) is 3.99. The van der Waals surface area contributed by atoms with E-state index in [1.807, 2.05) is 6.07 Å². The van der Waals surface area contributed by atoms with Gasteiger partial charge in [0.1, 0.15) is 11.4 Å². The second kappa shape index (κ2) is 9.80. The summed E-state index contributed by atoms with van der Waals surface area (Å²) in [6, 6.07) is 8.59. The van der Waals surface area contributed by atoms with Crippen LogP contribution < -0.4 is 4.90 Å². The van der Waals surface area contributed by atoms with E-state index in [0.717, 1.165) is 50.5 Å². The maximum Gasteiger partial charge on any atom is 0.284 e. The molecule has 2 rings (SSSR count). The molecule has 0 bridgehead atoms. The maximum atomic E-state index is 11.5. The number of aromatic hydroxyl groups is 1. The zero-order chi connectivity index (χ0) is 20.7. The van der Waals surface area contributed by atoms with Gasteiger partial charge in [0.2, 0.25) is 0 Å². The molecule has 0 saturated carbocycles. The van der Waals surface area contributed by atoms with Gasteiger partial charge in [0.05, 0.1) is 34.6 Å². The summed E-state index contributed by atoms with van der Waals surface area (Å²) in [4.78, 5) is 22.4. The normalized spacial score (nSPS) is 11.0. The first-order valence-electron chi connectivity index (χ1n) is 9.50. The topological polar surface area (TPSA) is 111 Å². The number of quaternary nitrogens is 1. The largest absolute Gasteiger partial charge is 0.507 e. The van der Waals surface area contributed by atoms with Crippen molar-refractivity contribution in [1.29, 1.82) is 0 Å². The van der Waals surface area contributed by atoms with Crippen molar-refractivity contribution in [3.8, 4) is 16.9 Å². The van der Waals surface area contributed by atoms with Crippen molar-refractivity contribution in [2.24, 2.45) is 0 Å². The molecule has 0 radical (unpaired) electrons. The van der Waals surface area contributed by atoms with Crippen LogP contribution in [0.1, 0.15) is 39.5 Å². The number of benzene rings is 2. The number of non-ortho nitro benzene ring substituents is 1. The lowest BCUT2D eigenvalue weighted by atomic mass is 10.0. The van der Waals surface area contributed by atoms with Crippen molar-refractivity contribution in [2.75, 3.05) is 13.1 Å². The molecular weight excluding hydrogens is 362 g/mol. The third-order valence-electron chi connectivity index (χ3n) is 4.75. The summed E-state index contributed by atoms with van der Waals surface area (Å²) in [5.74, 6) is -0.0916. The molecule has 0 aromatic heterocycles. The van der Waals surface area contributed by atoms with Gasteiger partial charge in [-0.1, -0.05) is 26.7 Å². The van der Waals surface area contributed by atoms with E-state index in [1.165, 1.54) is 23.1 Å². The van der Waals surface area contributed by atoms with Crippen LogP contribution in [-0.2, 0) is 0 Å². The van der Waals surface area contributed by atoms with E-state index in [2.05, 4.69) is 13.8 Å². The second-order valence-corrected chi connectivity index (χ2v) is 6.76. The third kappa shape index (κ3) is 5.04. The number of phenols is 1. The minimum absolute atomic E-state index is 0.0916. The number of nitro groups is 2. The van der Waals surface area contributed by atoms with Gasteiger partial charge in [0.15, 0.2) is 0 Å². The van der Waals surface area contributed by atoms with Crippen LogP contribution in [0, 0.1) is 20.2 Å². The molecule has 0 atom stereocenters. The Hall–Kier alpha value is -3.00. The average molecular weight is 388 g/mol. The molecule has 150 valence electrons. The Labute approximate surface area is 163 Å². The van der Waals surface area contributed by atoms with Crippen molar-refractivity contribution >= 4 is 17.1 Å². The summed E-state index contributed by atoms with van der Waals surface area (Å²) in [5, 5.41) is 32.8. The lowest BCUT2D eigenvalue weighted by molar-refractivity contribution is -0.833. The fourth-order valence-corrected chi connectivity index (χ4v) is 3.18. The number of nitrogens with one attached hydrogen (secondary N) is 1. The van der Waals surface area contributed by atoms with E-state index in [1.54, 1.807) is 6.07 Å². The predicted molar refractivity (Wildman–Crippen MR) is 107 cm³/mol. The van der Waals surface area contributed by atoms with Crippen molar-refractivity contribution in [2.45, 2.75) is 39.5 Å². The summed E-state index contributed by atoms with van der Waals surface area (Å²) in [5.41, 5.74) is 0.668. The fraction of sp³-hybridized carbons (Fsp3) is 0.400. The molecule has 0 unspecified atom stereocenters. The number of phenolic OH excluding ortho intramolecular Hbond substituents is 1.